The van der Waals surface area contributed by atoms with Crippen LogP contribution in [0.1, 0.15) is 28.8 Å². The van der Waals surface area contributed by atoms with E-state index >= 15 is 0 Å². The van der Waals surface area contributed by atoms with Crippen LogP contribution < -0.4 is 15.8 Å². The molecule has 0 radical (unpaired) electrons. The Balaban J connectivity index is 1.84. The number of hydrogen-bond donors (Lipinski definition) is 2. The van der Waals surface area contributed by atoms with Gasteiger partial charge in [0.2, 0.25) is 11.8 Å². The van der Waals surface area contributed by atoms with E-state index in [4.69, 9.17) is 10.5 Å². The molecule has 120 valence electrons. The molecule has 1 aromatic carbocycles. The normalized spacial score (nSPS) is 20.3. The van der Waals surface area contributed by atoms with E-state index in [1.807, 2.05) is 0 Å². The van der Waals surface area contributed by atoms with Crippen molar-refractivity contribution in [2.75, 3.05) is 6.61 Å². The van der Waals surface area contributed by atoms with Gasteiger partial charge in [-0.15, -0.1) is 0 Å². The SMILES string of the molecule is NC(=O)COc1cccc2c1CN(C1CCC(=O)NC1=O)C2=O. The minimum Gasteiger partial charge on any atom is -0.483 e. The first-order valence-electron chi connectivity index (χ1n) is 7.15. The Kier molecular flexibility index (Phi) is 3.73. The minimum atomic E-state index is -0.684. The molecule has 0 bridgehead atoms. The zero-order valence-corrected chi connectivity index (χ0v) is 12.2. The fourth-order valence-electron chi connectivity index (χ4n) is 2.84. The van der Waals surface area contributed by atoms with Crippen LogP contribution in [-0.4, -0.2) is 41.2 Å². The number of carbonyl (C=O) groups excluding carboxylic acids is 4. The van der Waals surface area contributed by atoms with Gasteiger partial charge >= 0.3 is 0 Å². The van der Waals surface area contributed by atoms with E-state index in [0.717, 1.165) is 0 Å². The lowest BCUT2D eigenvalue weighted by atomic mass is 10.0. The predicted molar refractivity (Wildman–Crippen MR) is 77.2 cm³/mol. The molecule has 2 aliphatic rings. The summed E-state index contributed by atoms with van der Waals surface area (Å²) in [4.78, 5) is 48.0. The van der Waals surface area contributed by atoms with Crippen LogP contribution >= 0.6 is 0 Å². The molecule has 1 atom stereocenters. The molecule has 1 aromatic rings. The Morgan fingerprint density at radius 1 is 1.35 bits per heavy atom. The monoisotopic (exact) mass is 317 g/mol. The number of imide groups is 1. The van der Waals surface area contributed by atoms with E-state index in [-0.39, 0.29) is 31.4 Å². The second-order valence-electron chi connectivity index (χ2n) is 5.44. The predicted octanol–water partition coefficient (Wildman–Crippen LogP) is -0.688. The van der Waals surface area contributed by atoms with Crippen LogP contribution in [0.4, 0.5) is 0 Å². The van der Waals surface area contributed by atoms with Crippen LogP contribution in [-0.2, 0) is 20.9 Å². The van der Waals surface area contributed by atoms with Crippen LogP contribution in [0.2, 0.25) is 0 Å². The molecule has 23 heavy (non-hydrogen) atoms. The van der Waals surface area contributed by atoms with Gasteiger partial charge in [0.25, 0.3) is 11.8 Å². The summed E-state index contributed by atoms with van der Waals surface area (Å²) < 4.78 is 5.33. The number of amides is 4. The van der Waals surface area contributed by atoms with E-state index in [1.54, 1.807) is 18.2 Å². The summed E-state index contributed by atoms with van der Waals surface area (Å²) in [7, 11) is 0. The number of ether oxygens (including phenoxy) is 1. The molecule has 2 aliphatic heterocycles. The van der Waals surface area contributed by atoms with Gasteiger partial charge in [0.15, 0.2) is 6.61 Å². The molecule has 8 heteroatoms. The highest BCUT2D eigenvalue weighted by Gasteiger charge is 2.40. The molecule has 0 saturated carbocycles. The number of nitrogens with zero attached hydrogens (tertiary/aromatic N) is 1. The van der Waals surface area contributed by atoms with Crippen molar-refractivity contribution in [2.24, 2.45) is 5.73 Å². The number of nitrogens with one attached hydrogen (secondary N) is 1. The summed E-state index contributed by atoms with van der Waals surface area (Å²) in [6.07, 6.45) is 0.490. The Morgan fingerprint density at radius 2 is 2.13 bits per heavy atom. The van der Waals surface area contributed by atoms with Crippen molar-refractivity contribution in [1.82, 2.24) is 10.2 Å². The van der Waals surface area contributed by atoms with Crippen molar-refractivity contribution in [3.63, 3.8) is 0 Å². The second-order valence-corrected chi connectivity index (χ2v) is 5.44. The van der Waals surface area contributed by atoms with Crippen molar-refractivity contribution in [3.05, 3.63) is 29.3 Å². The smallest absolute Gasteiger partial charge is 0.255 e. The Hall–Kier alpha value is -2.90. The van der Waals surface area contributed by atoms with Gasteiger partial charge in [-0.25, -0.2) is 0 Å². The maximum atomic E-state index is 12.5. The molecular formula is C15H15N3O5. The van der Waals surface area contributed by atoms with Gasteiger partial charge in [-0.2, -0.15) is 0 Å². The van der Waals surface area contributed by atoms with Crippen molar-refractivity contribution < 1.29 is 23.9 Å². The zero-order valence-electron chi connectivity index (χ0n) is 12.2. The van der Waals surface area contributed by atoms with Crippen LogP contribution in [0.25, 0.3) is 0 Å². The lowest BCUT2D eigenvalue weighted by Gasteiger charge is -2.29. The van der Waals surface area contributed by atoms with Gasteiger partial charge in [0, 0.05) is 17.5 Å². The molecule has 0 spiro atoms. The van der Waals surface area contributed by atoms with Gasteiger partial charge in [0.1, 0.15) is 11.8 Å². The largest absolute Gasteiger partial charge is 0.483 e. The fourth-order valence-corrected chi connectivity index (χ4v) is 2.84. The maximum absolute atomic E-state index is 12.5. The standard InChI is InChI=1S/C15H15N3O5/c16-12(19)7-23-11-3-1-2-8-9(11)6-18(15(8)22)10-4-5-13(20)17-14(10)21/h1-3,10H,4-7H2,(H2,16,19)(H,17,20,21). The summed E-state index contributed by atoms with van der Waals surface area (Å²) in [5.74, 6) is -1.32. The first-order valence-corrected chi connectivity index (χ1v) is 7.15. The Morgan fingerprint density at radius 3 is 2.83 bits per heavy atom. The number of hydrogen-bond acceptors (Lipinski definition) is 5. The maximum Gasteiger partial charge on any atom is 0.255 e. The number of rotatable bonds is 4. The number of nitrogens with two attached hydrogens (primary N) is 1. The third kappa shape index (κ3) is 2.75. The average Bonchev–Trinajstić information content (AvgIpc) is 2.83. The van der Waals surface area contributed by atoms with Crippen LogP contribution in [0.3, 0.4) is 0 Å². The lowest BCUT2D eigenvalue weighted by Crippen LogP contribution is -2.52. The number of carbonyl (C=O) groups is 4. The molecule has 3 N–H and O–H groups in total. The van der Waals surface area contributed by atoms with Crippen molar-refractivity contribution >= 4 is 23.6 Å². The van der Waals surface area contributed by atoms with E-state index in [2.05, 4.69) is 5.32 Å². The summed E-state index contributed by atoms with van der Waals surface area (Å²) >= 11 is 0. The number of primary amides is 1. The highest BCUT2D eigenvalue weighted by atomic mass is 16.5. The van der Waals surface area contributed by atoms with E-state index in [0.29, 0.717) is 23.3 Å². The number of piperidine rings is 1. The average molecular weight is 317 g/mol. The van der Waals surface area contributed by atoms with Crippen molar-refractivity contribution in [3.8, 4) is 5.75 Å². The second kappa shape index (κ2) is 5.71. The molecule has 1 fully saturated rings. The third-order valence-corrected chi connectivity index (χ3v) is 3.91. The van der Waals surface area contributed by atoms with Gasteiger partial charge < -0.3 is 15.4 Å². The van der Waals surface area contributed by atoms with Gasteiger partial charge in [-0.05, 0) is 18.6 Å². The molecule has 0 aliphatic carbocycles. The van der Waals surface area contributed by atoms with Crippen molar-refractivity contribution in [1.29, 1.82) is 0 Å². The van der Waals surface area contributed by atoms with Gasteiger partial charge in [-0.3, -0.25) is 24.5 Å². The van der Waals surface area contributed by atoms with Crippen molar-refractivity contribution in [2.45, 2.75) is 25.4 Å². The first kappa shape index (κ1) is 15.0. The molecule has 3 rings (SSSR count). The van der Waals surface area contributed by atoms with Crippen LogP contribution in [0.5, 0.6) is 5.75 Å². The minimum absolute atomic E-state index is 0.190. The van der Waals surface area contributed by atoms with Gasteiger partial charge in [0.05, 0.1) is 6.54 Å². The van der Waals surface area contributed by atoms with Gasteiger partial charge in [-0.1, -0.05) is 6.07 Å². The highest BCUT2D eigenvalue weighted by Crippen LogP contribution is 2.33. The Bertz CT molecular complexity index is 715. The molecule has 2 heterocycles. The highest BCUT2D eigenvalue weighted by molar-refractivity contribution is 6.05. The molecule has 1 unspecified atom stereocenters. The van der Waals surface area contributed by atoms with Crippen LogP contribution in [0, 0.1) is 0 Å². The topological polar surface area (TPSA) is 119 Å². The van der Waals surface area contributed by atoms with E-state index in [9.17, 15) is 19.2 Å². The molecular weight excluding hydrogens is 302 g/mol. The number of fused-ring (bicyclic) bond motifs is 1. The summed E-state index contributed by atoms with van der Waals surface area (Å²) in [5.41, 5.74) is 6.10. The number of benzene rings is 1. The lowest BCUT2D eigenvalue weighted by molar-refractivity contribution is -0.137. The molecule has 1 saturated heterocycles. The first-order chi connectivity index (χ1) is 11.0. The quantitative estimate of drug-likeness (QED) is 0.713. The van der Waals surface area contributed by atoms with E-state index in [1.165, 1.54) is 4.90 Å². The summed E-state index contributed by atoms with van der Waals surface area (Å²) in [6, 6.07) is 4.24. The van der Waals surface area contributed by atoms with Crippen LogP contribution in [0.15, 0.2) is 18.2 Å². The summed E-state index contributed by atoms with van der Waals surface area (Å²) in [5, 5.41) is 2.24. The summed E-state index contributed by atoms with van der Waals surface area (Å²) in [6.45, 7) is -0.0988. The molecule has 4 amide bonds. The Labute approximate surface area is 131 Å². The molecule has 8 nitrogen and oxygen atoms in total. The zero-order chi connectivity index (χ0) is 16.6. The van der Waals surface area contributed by atoms with E-state index < -0.39 is 17.9 Å². The molecule has 0 aromatic heterocycles. The third-order valence-electron chi connectivity index (χ3n) is 3.91. The fraction of sp³-hybridized carbons (Fsp3) is 0.333.